The third-order valence-corrected chi connectivity index (χ3v) is 3.50. The van der Waals surface area contributed by atoms with E-state index in [0.717, 1.165) is 12.8 Å². The van der Waals surface area contributed by atoms with E-state index in [2.05, 4.69) is 20.4 Å². The Morgan fingerprint density at radius 2 is 2.17 bits per heavy atom. The van der Waals surface area contributed by atoms with Crippen LogP contribution in [0.5, 0.6) is 0 Å². The quantitative estimate of drug-likeness (QED) is 0.596. The summed E-state index contributed by atoms with van der Waals surface area (Å²) in [6.07, 6.45) is 1.76. The largest absolute Gasteiger partial charge is 0.492 e. The van der Waals surface area contributed by atoms with Gasteiger partial charge in [0.25, 0.3) is 0 Å². The van der Waals surface area contributed by atoms with Crippen molar-refractivity contribution in [2.24, 2.45) is 11.8 Å². The summed E-state index contributed by atoms with van der Waals surface area (Å²) in [5, 5.41) is 10.1. The smallest absolute Gasteiger partial charge is 0.125 e. The van der Waals surface area contributed by atoms with Crippen LogP contribution in [-0.4, -0.2) is 16.8 Å². The van der Waals surface area contributed by atoms with Crippen LogP contribution in [0.25, 0.3) is 0 Å². The summed E-state index contributed by atoms with van der Waals surface area (Å²) in [6, 6.07) is 0. The molecule has 2 rings (SSSR count). The Hall–Kier alpha value is -0.500. The molecule has 4 atom stereocenters. The standard InChI is InChI=1S/C10H16O2/c1-6-4-10(11)5-9(7(6)2)12-8(10)3/h6-7,9,11H,3-5H2,1-2H3. The van der Waals surface area contributed by atoms with E-state index in [1.165, 1.54) is 0 Å². The van der Waals surface area contributed by atoms with E-state index in [-0.39, 0.29) is 6.10 Å². The van der Waals surface area contributed by atoms with Crippen molar-refractivity contribution >= 4 is 0 Å². The van der Waals surface area contributed by atoms with Crippen molar-refractivity contribution in [1.29, 1.82) is 0 Å². The molecule has 2 aliphatic rings. The van der Waals surface area contributed by atoms with Gasteiger partial charge >= 0.3 is 0 Å². The zero-order valence-corrected chi connectivity index (χ0v) is 7.71. The summed E-state index contributed by atoms with van der Waals surface area (Å²) in [4.78, 5) is 0. The Labute approximate surface area is 73.2 Å². The molecule has 2 fully saturated rings. The van der Waals surface area contributed by atoms with Crippen molar-refractivity contribution in [3.63, 3.8) is 0 Å². The SMILES string of the molecule is C=C1OC2CC1(O)CC(C)C2C. The van der Waals surface area contributed by atoms with Crippen LogP contribution in [-0.2, 0) is 4.74 Å². The molecule has 1 N–H and O–H groups in total. The fourth-order valence-electron chi connectivity index (χ4n) is 2.36. The van der Waals surface area contributed by atoms with Gasteiger partial charge in [0.15, 0.2) is 0 Å². The summed E-state index contributed by atoms with van der Waals surface area (Å²) < 4.78 is 5.53. The Morgan fingerprint density at radius 1 is 1.50 bits per heavy atom. The maximum atomic E-state index is 10.1. The summed E-state index contributed by atoms with van der Waals surface area (Å²) in [5.74, 6) is 1.67. The molecule has 0 amide bonds. The topological polar surface area (TPSA) is 29.5 Å². The molecule has 68 valence electrons. The van der Waals surface area contributed by atoms with Crippen molar-refractivity contribution < 1.29 is 9.84 Å². The molecule has 0 aromatic carbocycles. The normalized spacial score (nSPS) is 52.2. The van der Waals surface area contributed by atoms with Gasteiger partial charge in [0.05, 0.1) is 0 Å². The predicted octanol–water partition coefficient (Wildman–Crippen LogP) is 1.70. The predicted molar refractivity (Wildman–Crippen MR) is 46.5 cm³/mol. The second-order valence-electron chi connectivity index (χ2n) is 4.36. The first-order chi connectivity index (χ1) is 5.53. The lowest BCUT2D eigenvalue weighted by molar-refractivity contribution is 0.0151. The van der Waals surface area contributed by atoms with Crippen molar-refractivity contribution in [2.45, 2.75) is 38.4 Å². The molecule has 0 radical (unpaired) electrons. The molecule has 1 saturated carbocycles. The van der Waals surface area contributed by atoms with E-state index in [9.17, 15) is 5.11 Å². The second-order valence-corrected chi connectivity index (χ2v) is 4.36. The summed E-state index contributed by atoms with van der Waals surface area (Å²) >= 11 is 0. The van der Waals surface area contributed by atoms with Crippen LogP contribution in [0.1, 0.15) is 26.7 Å². The Bertz CT molecular complexity index is 224. The minimum atomic E-state index is -0.712. The van der Waals surface area contributed by atoms with Gasteiger partial charge in [0.2, 0.25) is 0 Å². The number of hydrogen-bond acceptors (Lipinski definition) is 2. The molecular weight excluding hydrogens is 152 g/mol. The van der Waals surface area contributed by atoms with E-state index in [4.69, 9.17) is 4.74 Å². The molecule has 1 aliphatic carbocycles. The van der Waals surface area contributed by atoms with Crippen LogP contribution >= 0.6 is 0 Å². The molecule has 1 heterocycles. The summed E-state index contributed by atoms with van der Waals surface area (Å²) in [6.45, 7) is 8.12. The number of rotatable bonds is 0. The van der Waals surface area contributed by atoms with E-state index in [0.29, 0.717) is 17.6 Å². The van der Waals surface area contributed by atoms with Crippen molar-refractivity contribution in [2.75, 3.05) is 0 Å². The van der Waals surface area contributed by atoms with Crippen LogP contribution in [0.4, 0.5) is 0 Å². The summed E-state index contributed by atoms with van der Waals surface area (Å²) in [5.41, 5.74) is -0.712. The van der Waals surface area contributed by atoms with Crippen LogP contribution in [0, 0.1) is 11.8 Å². The molecule has 2 nitrogen and oxygen atoms in total. The number of aliphatic hydroxyl groups is 1. The van der Waals surface area contributed by atoms with Gasteiger partial charge in [-0.15, -0.1) is 0 Å². The Morgan fingerprint density at radius 3 is 2.83 bits per heavy atom. The zero-order valence-electron chi connectivity index (χ0n) is 7.71. The van der Waals surface area contributed by atoms with Gasteiger partial charge in [-0.25, -0.2) is 0 Å². The molecule has 2 heteroatoms. The Kier molecular flexibility index (Phi) is 1.52. The maximum absolute atomic E-state index is 10.1. The first-order valence-electron chi connectivity index (χ1n) is 4.61. The van der Waals surface area contributed by atoms with E-state index >= 15 is 0 Å². The molecule has 4 unspecified atom stereocenters. The van der Waals surface area contributed by atoms with Gasteiger partial charge in [-0.2, -0.15) is 0 Å². The molecule has 1 aliphatic heterocycles. The maximum Gasteiger partial charge on any atom is 0.125 e. The monoisotopic (exact) mass is 168 g/mol. The third kappa shape index (κ3) is 0.908. The highest BCUT2D eigenvalue weighted by molar-refractivity contribution is 5.16. The lowest BCUT2D eigenvalue weighted by atomic mass is 9.73. The first-order valence-corrected chi connectivity index (χ1v) is 4.61. The minimum absolute atomic E-state index is 0.200. The van der Waals surface area contributed by atoms with Gasteiger partial charge in [0.1, 0.15) is 17.5 Å². The number of ether oxygens (including phenoxy) is 1. The first kappa shape index (κ1) is 8.11. The zero-order chi connectivity index (χ0) is 8.93. The van der Waals surface area contributed by atoms with Crippen LogP contribution in [0.2, 0.25) is 0 Å². The molecule has 12 heavy (non-hydrogen) atoms. The molecular formula is C10H16O2. The van der Waals surface area contributed by atoms with Gasteiger partial charge in [-0.3, -0.25) is 0 Å². The van der Waals surface area contributed by atoms with Gasteiger partial charge in [-0.1, -0.05) is 20.4 Å². The lowest BCUT2D eigenvalue weighted by Gasteiger charge is -2.33. The average Bonchev–Trinajstić information content (AvgIpc) is 2.22. The molecule has 0 spiro atoms. The number of fused-ring (bicyclic) bond motifs is 2. The summed E-state index contributed by atoms with van der Waals surface area (Å²) in [7, 11) is 0. The van der Waals surface area contributed by atoms with E-state index in [1.54, 1.807) is 0 Å². The number of hydrogen-bond donors (Lipinski definition) is 1. The molecule has 0 aromatic rings. The fraction of sp³-hybridized carbons (Fsp3) is 0.800. The highest BCUT2D eigenvalue weighted by Crippen LogP contribution is 2.47. The fourth-order valence-corrected chi connectivity index (χ4v) is 2.36. The van der Waals surface area contributed by atoms with Gasteiger partial charge < -0.3 is 9.84 Å². The Balaban J connectivity index is 2.28. The average molecular weight is 168 g/mol. The van der Waals surface area contributed by atoms with Crippen LogP contribution < -0.4 is 0 Å². The van der Waals surface area contributed by atoms with Gasteiger partial charge in [-0.05, 0) is 18.3 Å². The van der Waals surface area contributed by atoms with E-state index in [1.807, 2.05) is 0 Å². The highest BCUT2D eigenvalue weighted by atomic mass is 16.5. The van der Waals surface area contributed by atoms with Crippen LogP contribution in [0.3, 0.4) is 0 Å². The van der Waals surface area contributed by atoms with Crippen molar-refractivity contribution in [3.05, 3.63) is 12.3 Å². The van der Waals surface area contributed by atoms with Crippen LogP contribution in [0.15, 0.2) is 12.3 Å². The molecule has 1 saturated heterocycles. The molecule has 0 aromatic heterocycles. The van der Waals surface area contributed by atoms with Crippen molar-refractivity contribution in [3.8, 4) is 0 Å². The lowest BCUT2D eigenvalue weighted by Crippen LogP contribution is -2.38. The third-order valence-electron chi connectivity index (χ3n) is 3.50. The van der Waals surface area contributed by atoms with Gasteiger partial charge in [0, 0.05) is 6.42 Å². The molecule has 2 bridgehead atoms. The van der Waals surface area contributed by atoms with E-state index < -0.39 is 5.60 Å². The minimum Gasteiger partial charge on any atom is -0.492 e. The van der Waals surface area contributed by atoms with Crippen molar-refractivity contribution in [1.82, 2.24) is 0 Å². The highest BCUT2D eigenvalue weighted by Gasteiger charge is 2.51. The second kappa shape index (κ2) is 2.25.